The molecule has 1 atom stereocenters. The van der Waals surface area contributed by atoms with Crippen LogP contribution in [0.5, 0.6) is 17.4 Å². The van der Waals surface area contributed by atoms with Crippen LogP contribution in [0.2, 0.25) is 0 Å². The van der Waals surface area contributed by atoms with Crippen LogP contribution in [0.25, 0.3) is 21.9 Å². The van der Waals surface area contributed by atoms with E-state index in [-0.39, 0.29) is 6.10 Å². The van der Waals surface area contributed by atoms with Gasteiger partial charge in [-0.15, -0.1) is 0 Å². The summed E-state index contributed by atoms with van der Waals surface area (Å²) in [4.78, 5) is 19.9. The number of hydrogen-bond donors (Lipinski definition) is 0. The number of aromatic nitrogens is 4. The summed E-state index contributed by atoms with van der Waals surface area (Å²) in [7, 11) is 1.51. The van der Waals surface area contributed by atoms with Gasteiger partial charge in [-0.1, -0.05) is 12.1 Å². The van der Waals surface area contributed by atoms with E-state index >= 15 is 0 Å². The van der Waals surface area contributed by atoms with Crippen molar-refractivity contribution in [3.8, 4) is 17.4 Å². The van der Waals surface area contributed by atoms with Crippen LogP contribution in [0.3, 0.4) is 0 Å². The fraction of sp³-hybridized carbons (Fsp3) is 0.273. The Morgan fingerprint density at radius 3 is 2.77 bits per heavy atom. The second kappa shape index (κ2) is 8.17. The monoisotopic (exact) mass is 421 g/mol. The van der Waals surface area contributed by atoms with Gasteiger partial charge in [0.25, 0.3) is 0 Å². The van der Waals surface area contributed by atoms with Crippen LogP contribution < -0.4 is 19.1 Å². The second-order valence-electron chi connectivity index (χ2n) is 7.14. The molecule has 9 heteroatoms. The van der Waals surface area contributed by atoms with Gasteiger partial charge < -0.3 is 19.1 Å². The van der Waals surface area contributed by atoms with Crippen LogP contribution in [0, 0.1) is 0 Å². The van der Waals surface area contributed by atoms with E-state index in [4.69, 9.17) is 14.2 Å². The highest BCUT2D eigenvalue weighted by atomic mass is 19.1. The molecule has 2 aromatic heterocycles. The van der Waals surface area contributed by atoms with Crippen LogP contribution in [-0.4, -0.2) is 53.1 Å². The van der Waals surface area contributed by atoms with Crippen molar-refractivity contribution >= 4 is 27.8 Å². The van der Waals surface area contributed by atoms with Gasteiger partial charge in [-0.25, -0.2) is 24.3 Å². The van der Waals surface area contributed by atoms with Crippen molar-refractivity contribution in [1.82, 2.24) is 19.9 Å². The molecule has 3 heterocycles. The number of hydrogen-bond acceptors (Lipinski definition) is 8. The van der Waals surface area contributed by atoms with Crippen molar-refractivity contribution in [3.63, 3.8) is 0 Å². The lowest BCUT2D eigenvalue weighted by Crippen LogP contribution is -2.25. The van der Waals surface area contributed by atoms with Crippen molar-refractivity contribution in [2.45, 2.75) is 12.5 Å². The highest BCUT2D eigenvalue weighted by Gasteiger charge is 2.27. The van der Waals surface area contributed by atoms with Gasteiger partial charge in [0.2, 0.25) is 12.7 Å². The molecule has 1 unspecified atom stereocenters. The minimum Gasteiger partial charge on any atom is -0.493 e. The van der Waals surface area contributed by atoms with E-state index in [2.05, 4.69) is 24.8 Å². The predicted octanol–water partition coefficient (Wildman–Crippen LogP) is 3.55. The highest BCUT2D eigenvalue weighted by molar-refractivity contribution is 5.92. The lowest BCUT2D eigenvalue weighted by atomic mass is 10.2. The van der Waals surface area contributed by atoms with Crippen molar-refractivity contribution in [1.29, 1.82) is 0 Å². The lowest BCUT2D eigenvalue weighted by Gasteiger charge is -2.20. The van der Waals surface area contributed by atoms with E-state index < -0.39 is 6.86 Å². The molecule has 1 saturated heterocycles. The van der Waals surface area contributed by atoms with Gasteiger partial charge in [0.05, 0.1) is 36.4 Å². The molecule has 1 aliphatic heterocycles. The molecule has 31 heavy (non-hydrogen) atoms. The Bertz CT molecular complexity index is 1240. The molecule has 1 fully saturated rings. The minimum atomic E-state index is -0.947. The molecule has 2 aromatic carbocycles. The van der Waals surface area contributed by atoms with Crippen LogP contribution in [0.15, 0.2) is 48.9 Å². The quantitative estimate of drug-likeness (QED) is 0.468. The highest BCUT2D eigenvalue weighted by Crippen LogP contribution is 2.36. The van der Waals surface area contributed by atoms with Gasteiger partial charge in [0.15, 0.2) is 11.5 Å². The Morgan fingerprint density at radius 1 is 1.06 bits per heavy atom. The summed E-state index contributed by atoms with van der Waals surface area (Å²) < 4.78 is 29.3. The standard InChI is InChI=1S/C22H20FN5O3/c1-29-19-9-18-15(8-20(19)30-12-23)22(26-13-25-18)28-7-6-14(11-28)31-21-10-24-16-4-2-3-5-17(16)27-21/h2-5,8-10,13-14H,6-7,11-12H2,1H3. The first kappa shape index (κ1) is 19.2. The average molecular weight is 421 g/mol. The number of para-hydroxylation sites is 2. The Labute approximate surface area is 177 Å². The summed E-state index contributed by atoms with van der Waals surface area (Å²) in [6, 6.07) is 11.1. The van der Waals surface area contributed by atoms with Gasteiger partial charge in [-0.3, -0.25) is 0 Å². The van der Waals surface area contributed by atoms with Gasteiger partial charge >= 0.3 is 0 Å². The number of methoxy groups -OCH3 is 1. The molecule has 0 saturated carbocycles. The smallest absolute Gasteiger partial charge is 0.233 e. The van der Waals surface area contributed by atoms with Crippen molar-refractivity contribution in [2.24, 2.45) is 0 Å². The third-order valence-electron chi connectivity index (χ3n) is 5.27. The van der Waals surface area contributed by atoms with E-state index in [1.54, 1.807) is 18.3 Å². The van der Waals surface area contributed by atoms with Crippen LogP contribution in [0.4, 0.5) is 10.2 Å². The summed E-state index contributed by atoms with van der Waals surface area (Å²) >= 11 is 0. The van der Waals surface area contributed by atoms with E-state index in [0.717, 1.165) is 35.2 Å². The largest absolute Gasteiger partial charge is 0.493 e. The third kappa shape index (κ3) is 3.74. The fourth-order valence-corrected chi connectivity index (χ4v) is 3.82. The number of ether oxygens (including phenoxy) is 3. The van der Waals surface area contributed by atoms with E-state index in [1.807, 2.05) is 24.3 Å². The molecule has 5 rings (SSSR count). The maximum atomic E-state index is 12.8. The average Bonchev–Trinajstić information content (AvgIpc) is 3.26. The zero-order valence-electron chi connectivity index (χ0n) is 16.9. The fourth-order valence-electron chi connectivity index (χ4n) is 3.82. The summed E-state index contributed by atoms with van der Waals surface area (Å²) in [5.41, 5.74) is 2.32. The summed E-state index contributed by atoms with van der Waals surface area (Å²) in [6.07, 6.45) is 3.91. The third-order valence-corrected chi connectivity index (χ3v) is 5.27. The predicted molar refractivity (Wildman–Crippen MR) is 113 cm³/mol. The number of benzene rings is 2. The molecule has 158 valence electrons. The molecule has 0 bridgehead atoms. The number of rotatable bonds is 6. The molecule has 4 aromatic rings. The van der Waals surface area contributed by atoms with Gasteiger partial charge in [-0.2, -0.15) is 0 Å². The van der Waals surface area contributed by atoms with Crippen molar-refractivity contribution in [3.05, 3.63) is 48.9 Å². The first-order valence-corrected chi connectivity index (χ1v) is 9.90. The van der Waals surface area contributed by atoms with E-state index in [9.17, 15) is 4.39 Å². The lowest BCUT2D eigenvalue weighted by molar-refractivity contribution is 0.185. The number of anilines is 1. The summed E-state index contributed by atoms with van der Waals surface area (Å²) in [5.74, 6) is 1.98. The number of halogens is 1. The zero-order valence-corrected chi connectivity index (χ0v) is 16.9. The Hall–Kier alpha value is -3.75. The molecule has 0 spiro atoms. The van der Waals surface area contributed by atoms with Gasteiger partial charge in [0, 0.05) is 24.4 Å². The minimum absolute atomic E-state index is 0.0553. The van der Waals surface area contributed by atoms with Crippen molar-refractivity contribution < 1.29 is 18.6 Å². The maximum absolute atomic E-state index is 12.8. The molecule has 0 amide bonds. The van der Waals surface area contributed by atoms with E-state index in [0.29, 0.717) is 29.4 Å². The van der Waals surface area contributed by atoms with Crippen LogP contribution in [0.1, 0.15) is 6.42 Å². The topological polar surface area (TPSA) is 82.5 Å². The van der Waals surface area contributed by atoms with Crippen LogP contribution >= 0.6 is 0 Å². The van der Waals surface area contributed by atoms with Gasteiger partial charge in [0.1, 0.15) is 18.2 Å². The Morgan fingerprint density at radius 2 is 1.94 bits per heavy atom. The summed E-state index contributed by atoms with van der Waals surface area (Å²) in [6.45, 7) is 0.437. The summed E-state index contributed by atoms with van der Waals surface area (Å²) in [5, 5.41) is 0.762. The first-order valence-electron chi connectivity index (χ1n) is 9.90. The molecule has 8 nitrogen and oxygen atoms in total. The number of fused-ring (bicyclic) bond motifs is 2. The first-order chi connectivity index (χ1) is 15.2. The number of nitrogens with zero attached hydrogens (tertiary/aromatic N) is 5. The zero-order chi connectivity index (χ0) is 21.2. The molecular formula is C22H20FN5O3. The Balaban J connectivity index is 1.39. The maximum Gasteiger partial charge on any atom is 0.233 e. The van der Waals surface area contributed by atoms with Crippen molar-refractivity contribution in [2.75, 3.05) is 32.0 Å². The second-order valence-corrected chi connectivity index (χ2v) is 7.14. The van der Waals surface area contributed by atoms with E-state index in [1.165, 1.54) is 13.4 Å². The number of alkyl halides is 1. The van der Waals surface area contributed by atoms with Crippen LogP contribution in [-0.2, 0) is 0 Å². The molecular weight excluding hydrogens is 401 g/mol. The molecule has 0 radical (unpaired) electrons. The van der Waals surface area contributed by atoms with Gasteiger partial charge in [-0.05, 0) is 18.2 Å². The Kier molecular flexibility index (Phi) is 5.07. The molecule has 1 aliphatic rings. The molecule has 0 aliphatic carbocycles. The SMILES string of the molecule is COc1cc2ncnc(N3CCC(Oc4cnc5ccccc5n4)C3)c2cc1OCF. The molecule has 0 N–H and O–H groups in total. The normalized spacial score (nSPS) is 16.1.